The summed E-state index contributed by atoms with van der Waals surface area (Å²) in [6, 6.07) is -1.21. The molecule has 3 N–H and O–H groups in total. The molecule has 0 aliphatic carbocycles. The average molecular weight is 284 g/mol. The molecule has 9 heteroatoms. The van der Waals surface area contributed by atoms with Gasteiger partial charge in [0.1, 0.15) is 6.04 Å². The number of aromatic nitrogens is 1. The van der Waals surface area contributed by atoms with Crippen molar-refractivity contribution in [2.24, 2.45) is 5.73 Å². The Morgan fingerprint density at radius 2 is 1.78 bits per heavy atom. The van der Waals surface area contributed by atoms with Gasteiger partial charge < -0.3 is 10.8 Å². The molecule has 0 aliphatic rings. The Morgan fingerprint density at radius 3 is 2.22 bits per heavy atom. The van der Waals surface area contributed by atoms with Gasteiger partial charge in [0.2, 0.25) is 0 Å². The summed E-state index contributed by atoms with van der Waals surface area (Å²) in [6.07, 6.45) is -0.107. The maximum Gasteiger partial charge on any atom is 0.320 e. The van der Waals surface area contributed by atoms with E-state index >= 15 is 0 Å². The number of rotatable bonds is 5. The molecule has 4 nitrogen and oxygen atoms in total. The molecule has 1 aromatic rings. The monoisotopic (exact) mass is 284 g/mol. The Hall–Kier alpha value is -1.35. The van der Waals surface area contributed by atoms with Crippen LogP contribution in [-0.2, 0) is 4.79 Å². The molecule has 100 valence electrons. The third kappa shape index (κ3) is 3.33. The first kappa shape index (κ1) is 14.7. The number of pyridine rings is 1. The van der Waals surface area contributed by atoms with E-state index in [1.54, 1.807) is 0 Å². The summed E-state index contributed by atoms with van der Waals surface area (Å²) in [7, 11) is 0. The van der Waals surface area contributed by atoms with Crippen LogP contribution in [0.25, 0.3) is 0 Å². The van der Waals surface area contributed by atoms with Crippen LogP contribution in [0.5, 0.6) is 0 Å². The van der Waals surface area contributed by atoms with E-state index in [2.05, 4.69) is 4.98 Å². The molecule has 0 radical (unpaired) electrons. The normalized spacial score (nSPS) is 12.5. The highest BCUT2D eigenvalue weighted by molar-refractivity contribution is 7.99. The van der Waals surface area contributed by atoms with E-state index in [9.17, 15) is 22.4 Å². The van der Waals surface area contributed by atoms with Crippen LogP contribution in [0.2, 0.25) is 0 Å². The standard InChI is InChI=1S/C9H8F4N2O2S/c10-4-6(5(11)8(13)15-7(4)12)18-2-1-3(14)9(16)17/h3H,1-2,14H2,(H,16,17). The molecule has 0 bridgehead atoms. The van der Waals surface area contributed by atoms with Crippen molar-refractivity contribution >= 4 is 17.7 Å². The van der Waals surface area contributed by atoms with Crippen molar-refractivity contribution in [3.05, 3.63) is 23.5 Å². The number of nitrogens with two attached hydrogens (primary N) is 1. The molecule has 1 atom stereocenters. The lowest BCUT2D eigenvalue weighted by Crippen LogP contribution is -2.30. The second kappa shape index (κ2) is 6.01. The summed E-state index contributed by atoms with van der Waals surface area (Å²) in [4.78, 5) is 11.9. The van der Waals surface area contributed by atoms with Crippen molar-refractivity contribution in [3.63, 3.8) is 0 Å². The van der Waals surface area contributed by atoms with Gasteiger partial charge in [-0.3, -0.25) is 4.79 Å². The number of hydrogen-bond acceptors (Lipinski definition) is 4. The van der Waals surface area contributed by atoms with Crippen molar-refractivity contribution in [2.75, 3.05) is 5.75 Å². The van der Waals surface area contributed by atoms with Gasteiger partial charge in [0, 0.05) is 5.75 Å². The van der Waals surface area contributed by atoms with E-state index in [4.69, 9.17) is 10.8 Å². The molecule has 0 saturated heterocycles. The van der Waals surface area contributed by atoms with E-state index in [1.165, 1.54) is 0 Å². The topological polar surface area (TPSA) is 76.2 Å². The minimum Gasteiger partial charge on any atom is -0.480 e. The molecule has 0 amide bonds. The fourth-order valence-corrected chi connectivity index (χ4v) is 2.00. The first-order chi connectivity index (χ1) is 8.34. The minimum absolute atomic E-state index is 0.107. The molecular weight excluding hydrogens is 276 g/mol. The molecule has 0 fully saturated rings. The SMILES string of the molecule is NC(CCSc1c(F)c(F)nc(F)c1F)C(=O)O. The fourth-order valence-electron chi connectivity index (χ4n) is 1.01. The van der Waals surface area contributed by atoms with Gasteiger partial charge in [0.25, 0.3) is 11.9 Å². The van der Waals surface area contributed by atoms with E-state index in [0.29, 0.717) is 11.8 Å². The predicted molar refractivity (Wildman–Crippen MR) is 55.0 cm³/mol. The Labute approximate surface area is 103 Å². The van der Waals surface area contributed by atoms with Gasteiger partial charge in [-0.25, -0.2) is 8.78 Å². The lowest BCUT2D eigenvalue weighted by Gasteiger charge is -2.07. The van der Waals surface area contributed by atoms with Crippen molar-refractivity contribution < 1.29 is 27.5 Å². The molecule has 18 heavy (non-hydrogen) atoms. The van der Waals surface area contributed by atoms with Gasteiger partial charge in [-0.2, -0.15) is 13.8 Å². The first-order valence-electron chi connectivity index (χ1n) is 4.65. The summed E-state index contributed by atoms with van der Waals surface area (Å²) < 4.78 is 51.6. The molecule has 0 spiro atoms. The van der Waals surface area contributed by atoms with Crippen LogP contribution in [0.1, 0.15) is 6.42 Å². The van der Waals surface area contributed by atoms with Crippen LogP contribution < -0.4 is 5.73 Å². The average Bonchev–Trinajstić information content (AvgIpc) is 2.30. The molecular formula is C9H8F4N2O2S. The summed E-state index contributed by atoms with van der Waals surface area (Å²) in [6.45, 7) is 0. The van der Waals surface area contributed by atoms with E-state index in [-0.39, 0.29) is 12.2 Å². The molecule has 1 heterocycles. The number of nitrogens with zero attached hydrogens (tertiary/aromatic N) is 1. The van der Waals surface area contributed by atoms with Crippen molar-refractivity contribution in [1.82, 2.24) is 4.98 Å². The molecule has 1 rings (SSSR count). The van der Waals surface area contributed by atoms with Gasteiger partial charge in [-0.05, 0) is 6.42 Å². The number of thioether (sulfide) groups is 1. The van der Waals surface area contributed by atoms with Crippen LogP contribution in [0.4, 0.5) is 17.6 Å². The van der Waals surface area contributed by atoms with E-state index in [1.807, 2.05) is 0 Å². The zero-order valence-electron chi connectivity index (χ0n) is 8.79. The molecule has 0 aromatic carbocycles. The van der Waals surface area contributed by atoms with Crippen LogP contribution in [0.3, 0.4) is 0 Å². The Balaban J connectivity index is 2.76. The van der Waals surface area contributed by atoms with Crippen molar-refractivity contribution in [2.45, 2.75) is 17.4 Å². The number of carboxylic acid groups (broad SMARTS) is 1. The van der Waals surface area contributed by atoms with Crippen molar-refractivity contribution in [3.8, 4) is 0 Å². The molecule has 1 aromatic heterocycles. The Morgan fingerprint density at radius 1 is 1.28 bits per heavy atom. The van der Waals surface area contributed by atoms with Crippen LogP contribution in [0.15, 0.2) is 4.90 Å². The summed E-state index contributed by atoms with van der Waals surface area (Å²) in [5.41, 5.74) is 5.16. The molecule has 1 unspecified atom stereocenters. The van der Waals surface area contributed by atoms with E-state index in [0.717, 1.165) is 0 Å². The second-order valence-electron chi connectivity index (χ2n) is 3.23. The Bertz CT molecular complexity index is 446. The molecule has 0 aliphatic heterocycles. The third-order valence-electron chi connectivity index (χ3n) is 1.95. The fraction of sp³-hybridized carbons (Fsp3) is 0.333. The largest absolute Gasteiger partial charge is 0.480 e. The highest BCUT2D eigenvalue weighted by Crippen LogP contribution is 2.27. The van der Waals surface area contributed by atoms with E-state index < -0.39 is 40.4 Å². The number of aliphatic carboxylic acids is 1. The lowest BCUT2D eigenvalue weighted by molar-refractivity contribution is -0.138. The number of hydrogen-bond donors (Lipinski definition) is 2. The van der Waals surface area contributed by atoms with Crippen LogP contribution in [-0.4, -0.2) is 27.9 Å². The van der Waals surface area contributed by atoms with Gasteiger partial charge in [-0.15, -0.1) is 11.8 Å². The summed E-state index contributed by atoms with van der Waals surface area (Å²) in [5.74, 6) is -8.10. The number of carboxylic acids is 1. The van der Waals surface area contributed by atoms with Gasteiger partial charge in [-0.1, -0.05) is 0 Å². The van der Waals surface area contributed by atoms with Crippen LogP contribution >= 0.6 is 11.8 Å². The van der Waals surface area contributed by atoms with Gasteiger partial charge in [0.05, 0.1) is 4.90 Å². The maximum atomic E-state index is 13.1. The first-order valence-corrected chi connectivity index (χ1v) is 5.64. The maximum absolute atomic E-state index is 13.1. The highest BCUT2D eigenvalue weighted by Gasteiger charge is 2.21. The zero-order valence-corrected chi connectivity index (χ0v) is 9.61. The number of carbonyl (C=O) groups is 1. The third-order valence-corrected chi connectivity index (χ3v) is 3.04. The predicted octanol–water partition coefficient (Wildman–Crippen LogP) is 1.53. The quantitative estimate of drug-likeness (QED) is 0.487. The minimum atomic E-state index is -1.75. The van der Waals surface area contributed by atoms with Crippen LogP contribution in [0, 0.1) is 23.5 Å². The van der Waals surface area contributed by atoms with Crippen molar-refractivity contribution in [1.29, 1.82) is 0 Å². The molecule has 0 saturated carbocycles. The number of halogens is 4. The van der Waals surface area contributed by atoms with Gasteiger partial charge in [0.15, 0.2) is 11.6 Å². The Kier molecular flexibility index (Phi) is 4.91. The summed E-state index contributed by atoms with van der Waals surface area (Å²) in [5, 5.41) is 8.46. The smallest absolute Gasteiger partial charge is 0.320 e. The summed E-state index contributed by atoms with van der Waals surface area (Å²) >= 11 is 0.434. The second-order valence-corrected chi connectivity index (χ2v) is 4.34. The zero-order chi connectivity index (χ0) is 13.9. The van der Waals surface area contributed by atoms with Gasteiger partial charge >= 0.3 is 5.97 Å². The lowest BCUT2D eigenvalue weighted by atomic mass is 10.2. The highest BCUT2D eigenvalue weighted by atomic mass is 32.2.